The lowest BCUT2D eigenvalue weighted by molar-refractivity contribution is -0.145. The summed E-state index contributed by atoms with van der Waals surface area (Å²) < 4.78 is 16.0. The molecule has 1 heterocycles. The Kier molecular flexibility index (Phi) is 16.4. The first-order valence-corrected chi connectivity index (χ1v) is 20.8. The number of amides is 5. The van der Waals surface area contributed by atoms with Crippen molar-refractivity contribution in [2.24, 2.45) is 0 Å². The molecular formula is C49H51N5O10. The van der Waals surface area contributed by atoms with E-state index in [9.17, 15) is 33.9 Å². The lowest BCUT2D eigenvalue weighted by Gasteiger charge is -2.30. The second kappa shape index (κ2) is 23.0. The highest BCUT2D eigenvalue weighted by Gasteiger charge is 2.44. The Morgan fingerprint density at radius 2 is 1.05 bits per heavy atom. The number of hydrogen-bond donors (Lipinski definition) is 5. The molecule has 0 aliphatic carbocycles. The number of phenols is 1. The molecular weight excluding hydrogens is 819 g/mol. The van der Waals surface area contributed by atoms with Gasteiger partial charge in [0.05, 0.1) is 13.2 Å². The first-order chi connectivity index (χ1) is 31.0. The molecule has 0 radical (unpaired) electrons. The van der Waals surface area contributed by atoms with Gasteiger partial charge in [0.1, 0.15) is 43.1 Å². The van der Waals surface area contributed by atoms with Crippen molar-refractivity contribution in [3.05, 3.63) is 173 Å². The van der Waals surface area contributed by atoms with Crippen LogP contribution in [0.2, 0.25) is 0 Å². The number of benzene rings is 5. The number of ether oxygens (including phenoxy) is 3. The molecule has 5 atom stereocenters. The minimum Gasteiger partial charge on any atom is -0.508 e. The zero-order valence-corrected chi connectivity index (χ0v) is 35.3. The van der Waals surface area contributed by atoms with Crippen LogP contribution in [-0.4, -0.2) is 89.7 Å². The van der Waals surface area contributed by atoms with Gasteiger partial charge in [0.25, 0.3) is 0 Å². The molecule has 0 saturated carbocycles. The summed E-state index contributed by atoms with van der Waals surface area (Å²) in [5.41, 5.74) is 3.51. The number of nitrogens with one attached hydrogen (secondary N) is 4. The summed E-state index contributed by atoms with van der Waals surface area (Å²) in [6, 6.07) is 36.5. The second-order valence-electron chi connectivity index (χ2n) is 15.3. The van der Waals surface area contributed by atoms with Crippen molar-refractivity contribution in [3.63, 3.8) is 0 Å². The number of carbonyl (C=O) groups is 6. The molecule has 1 saturated heterocycles. The van der Waals surface area contributed by atoms with Gasteiger partial charge in [-0.05, 0) is 46.4 Å². The van der Waals surface area contributed by atoms with Crippen LogP contribution in [0.5, 0.6) is 5.75 Å². The molecule has 1 aliphatic heterocycles. The smallest absolute Gasteiger partial charge is 0.408 e. The third kappa shape index (κ3) is 13.7. The predicted molar refractivity (Wildman–Crippen MR) is 235 cm³/mol. The number of phenolic OH excluding ortho intramolecular Hbond substituents is 1. The van der Waals surface area contributed by atoms with Crippen molar-refractivity contribution < 1.29 is 48.1 Å². The summed E-state index contributed by atoms with van der Waals surface area (Å²) in [7, 11) is 1.22. The average molecular weight is 870 g/mol. The van der Waals surface area contributed by atoms with E-state index in [1.165, 1.54) is 24.1 Å². The summed E-state index contributed by atoms with van der Waals surface area (Å²) >= 11 is 0. The van der Waals surface area contributed by atoms with E-state index in [4.69, 9.17) is 14.2 Å². The van der Waals surface area contributed by atoms with E-state index >= 15 is 0 Å². The maximum Gasteiger partial charge on any atom is 0.408 e. The average Bonchev–Trinajstić information content (AvgIpc) is 3.74. The van der Waals surface area contributed by atoms with Crippen molar-refractivity contribution >= 4 is 35.9 Å². The molecule has 64 heavy (non-hydrogen) atoms. The molecule has 15 heteroatoms. The van der Waals surface area contributed by atoms with Crippen molar-refractivity contribution in [3.8, 4) is 5.75 Å². The van der Waals surface area contributed by atoms with Crippen LogP contribution >= 0.6 is 0 Å². The molecule has 332 valence electrons. The largest absolute Gasteiger partial charge is 0.508 e. The van der Waals surface area contributed by atoms with Gasteiger partial charge in [-0.25, -0.2) is 14.4 Å². The van der Waals surface area contributed by atoms with Crippen LogP contribution in [0.25, 0.3) is 0 Å². The molecule has 0 spiro atoms. The zero-order chi connectivity index (χ0) is 45.3. The lowest BCUT2D eigenvalue weighted by Crippen LogP contribution is -2.58. The summed E-state index contributed by atoms with van der Waals surface area (Å²) in [6.07, 6.45) is -1.68. The number of carbonyl (C=O) groups excluding carboxylic acids is 6. The van der Waals surface area contributed by atoms with Crippen LogP contribution in [0.1, 0.15) is 34.2 Å². The van der Waals surface area contributed by atoms with E-state index in [0.717, 1.165) is 16.7 Å². The van der Waals surface area contributed by atoms with Gasteiger partial charge in [-0.15, -0.1) is 0 Å². The Hall–Kier alpha value is -7.68. The number of rotatable bonds is 18. The molecule has 5 N–H and O–H groups in total. The van der Waals surface area contributed by atoms with Crippen LogP contribution in [-0.2, 0) is 65.9 Å². The van der Waals surface area contributed by atoms with Crippen LogP contribution < -0.4 is 21.3 Å². The quantitative estimate of drug-likeness (QED) is 0.0605. The Balaban J connectivity index is 1.26. The number of likely N-dealkylation sites (tertiary alicyclic amines) is 1. The zero-order valence-electron chi connectivity index (χ0n) is 35.3. The number of aromatic hydroxyl groups is 1. The summed E-state index contributed by atoms with van der Waals surface area (Å²) in [5.74, 6) is -2.76. The fraction of sp³-hybridized carbons (Fsp3) is 0.265. The van der Waals surface area contributed by atoms with Gasteiger partial charge in [0, 0.05) is 25.8 Å². The molecule has 5 amide bonds. The number of esters is 1. The molecule has 1 aliphatic rings. The first kappa shape index (κ1) is 45.8. The fourth-order valence-corrected chi connectivity index (χ4v) is 7.32. The SMILES string of the molecule is COC(=O)[C@H](Cc1ccccc1)NC(=O)[C@H](Cc1ccccc1)NC(=O)[C@@H]1C[C@H](NC(=O)OCc2ccccc2)CN1C(=O)[C@H](Cc1ccc(O)cc1)NC(=O)OCc1ccccc1. The third-order valence-electron chi connectivity index (χ3n) is 10.6. The van der Waals surface area contributed by atoms with Crippen molar-refractivity contribution in [1.29, 1.82) is 0 Å². The van der Waals surface area contributed by atoms with Gasteiger partial charge >= 0.3 is 18.2 Å². The highest BCUT2D eigenvalue weighted by atomic mass is 16.6. The molecule has 6 rings (SSSR count). The topological polar surface area (TPSA) is 202 Å². The molecule has 15 nitrogen and oxygen atoms in total. The summed E-state index contributed by atoms with van der Waals surface area (Å²) in [4.78, 5) is 84.2. The van der Waals surface area contributed by atoms with E-state index in [2.05, 4.69) is 21.3 Å². The normalized spacial score (nSPS) is 15.7. The Labute approximate surface area is 371 Å². The summed E-state index contributed by atoms with van der Waals surface area (Å²) in [6.45, 7) is -0.268. The number of nitrogens with zero attached hydrogens (tertiary/aromatic N) is 1. The molecule has 5 aromatic rings. The van der Waals surface area contributed by atoms with Gasteiger partial charge in [0.15, 0.2) is 0 Å². The number of methoxy groups -OCH3 is 1. The van der Waals surface area contributed by atoms with Crippen LogP contribution in [0.3, 0.4) is 0 Å². The highest BCUT2D eigenvalue weighted by Crippen LogP contribution is 2.23. The maximum atomic E-state index is 14.8. The second-order valence-corrected chi connectivity index (χ2v) is 15.3. The fourth-order valence-electron chi connectivity index (χ4n) is 7.32. The number of alkyl carbamates (subject to hydrolysis) is 2. The Morgan fingerprint density at radius 3 is 1.58 bits per heavy atom. The lowest BCUT2D eigenvalue weighted by atomic mass is 10.0. The van der Waals surface area contributed by atoms with E-state index in [-0.39, 0.29) is 51.2 Å². The molecule has 5 aromatic carbocycles. The molecule has 0 aromatic heterocycles. The number of hydrogen-bond acceptors (Lipinski definition) is 10. The minimum atomic E-state index is -1.28. The van der Waals surface area contributed by atoms with Crippen molar-refractivity contribution in [2.75, 3.05) is 13.7 Å². The van der Waals surface area contributed by atoms with Crippen molar-refractivity contribution in [2.45, 2.75) is 69.1 Å². The van der Waals surface area contributed by atoms with Crippen molar-refractivity contribution in [1.82, 2.24) is 26.2 Å². The van der Waals surface area contributed by atoms with Gasteiger partial charge in [-0.1, -0.05) is 133 Å². The Bertz CT molecular complexity index is 2320. The molecule has 1 fully saturated rings. The van der Waals surface area contributed by atoms with E-state index in [1.54, 1.807) is 72.8 Å². The monoisotopic (exact) mass is 869 g/mol. The van der Waals surface area contributed by atoms with Crippen LogP contribution in [0, 0.1) is 0 Å². The van der Waals surface area contributed by atoms with Crippen LogP contribution in [0.4, 0.5) is 9.59 Å². The Morgan fingerprint density at radius 1 is 0.578 bits per heavy atom. The van der Waals surface area contributed by atoms with Gasteiger partial charge in [-0.3, -0.25) is 14.4 Å². The highest BCUT2D eigenvalue weighted by molar-refractivity contribution is 5.95. The van der Waals surface area contributed by atoms with E-state index in [0.29, 0.717) is 11.1 Å². The van der Waals surface area contributed by atoms with E-state index in [1.807, 2.05) is 60.7 Å². The minimum absolute atomic E-state index is 0.00160. The standard InChI is InChI=1S/C49H51N5O10/c1-62-47(59)42(28-34-16-8-3-9-17-34)52-44(56)40(26-33-14-6-2-7-15-33)51-45(57)43-29-38(50-48(60)63-31-36-18-10-4-11-19-36)30-54(43)46(58)41(27-35-22-24-39(55)25-23-35)53-49(61)64-32-37-20-12-5-13-21-37/h2-25,38,40-43,55H,26-32H2,1H3,(H,50,60)(H,51,57)(H,52,56)(H,53,61)/t38-,40-,41-,42-,43-/m0/s1. The third-order valence-corrected chi connectivity index (χ3v) is 10.6. The molecule has 0 bridgehead atoms. The maximum absolute atomic E-state index is 14.8. The summed E-state index contributed by atoms with van der Waals surface area (Å²) in [5, 5.41) is 21.0. The molecule has 0 unspecified atom stereocenters. The van der Waals surface area contributed by atoms with E-state index < -0.39 is 66.1 Å². The van der Waals surface area contributed by atoms with Gasteiger partial charge in [0.2, 0.25) is 17.7 Å². The van der Waals surface area contributed by atoms with Crippen LogP contribution in [0.15, 0.2) is 146 Å². The van der Waals surface area contributed by atoms with Gasteiger partial charge in [-0.2, -0.15) is 0 Å². The van der Waals surface area contributed by atoms with Gasteiger partial charge < -0.3 is 45.5 Å². The first-order valence-electron chi connectivity index (χ1n) is 20.8. The predicted octanol–water partition coefficient (Wildman–Crippen LogP) is 4.75.